The first-order valence-corrected chi connectivity index (χ1v) is 6.97. The standard InChI is InChI=1S/C15H22N2O3/c1-11-3-4-13(14(18)12(11)2)15(19)16-5-6-17-7-9-20-10-8-17/h3-4,18H,5-10H2,1-2H3,(H,16,19). The zero-order chi connectivity index (χ0) is 14.5. The van der Waals surface area contributed by atoms with Gasteiger partial charge in [-0.3, -0.25) is 9.69 Å². The number of carbonyl (C=O) groups excluding carboxylic acids is 1. The lowest BCUT2D eigenvalue weighted by Crippen LogP contribution is -2.41. The summed E-state index contributed by atoms with van der Waals surface area (Å²) >= 11 is 0. The summed E-state index contributed by atoms with van der Waals surface area (Å²) in [5.74, 6) is -0.146. The molecule has 0 bridgehead atoms. The number of hydrogen-bond donors (Lipinski definition) is 2. The second-order valence-corrected chi connectivity index (χ2v) is 5.11. The summed E-state index contributed by atoms with van der Waals surface area (Å²) in [6.07, 6.45) is 0. The molecule has 1 aromatic rings. The number of aryl methyl sites for hydroxylation is 1. The maximum Gasteiger partial charge on any atom is 0.255 e. The molecule has 5 nitrogen and oxygen atoms in total. The molecule has 1 fully saturated rings. The number of hydrogen-bond acceptors (Lipinski definition) is 4. The minimum atomic E-state index is -0.223. The third kappa shape index (κ3) is 3.49. The van der Waals surface area contributed by atoms with Crippen LogP contribution in [0.5, 0.6) is 5.75 Å². The highest BCUT2D eigenvalue weighted by Crippen LogP contribution is 2.24. The van der Waals surface area contributed by atoms with Crippen molar-refractivity contribution in [3.8, 4) is 5.75 Å². The Balaban J connectivity index is 1.87. The van der Waals surface area contributed by atoms with Gasteiger partial charge in [0.05, 0.1) is 18.8 Å². The van der Waals surface area contributed by atoms with Gasteiger partial charge >= 0.3 is 0 Å². The molecular formula is C15H22N2O3. The molecule has 0 unspecified atom stereocenters. The number of phenolic OH excluding ortho intramolecular Hbond substituents is 1. The minimum absolute atomic E-state index is 0.0777. The predicted molar refractivity (Wildman–Crippen MR) is 77.2 cm³/mol. The van der Waals surface area contributed by atoms with Gasteiger partial charge in [-0.2, -0.15) is 0 Å². The Bertz CT molecular complexity index is 482. The summed E-state index contributed by atoms with van der Waals surface area (Å²) in [6.45, 7) is 8.43. The molecular weight excluding hydrogens is 256 g/mol. The van der Waals surface area contributed by atoms with Gasteiger partial charge in [-0.1, -0.05) is 6.07 Å². The molecule has 0 spiro atoms. The molecule has 0 atom stereocenters. The molecule has 2 N–H and O–H groups in total. The SMILES string of the molecule is Cc1ccc(C(=O)NCCN2CCOCC2)c(O)c1C. The lowest BCUT2D eigenvalue weighted by molar-refractivity contribution is 0.0383. The Morgan fingerprint density at radius 2 is 2.05 bits per heavy atom. The smallest absolute Gasteiger partial charge is 0.255 e. The van der Waals surface area contributed by atoms with Gasteiger partial charge in [0.2, 0.25) is 0 Å². The van der Waals surface area contributed by atoms with Crippen LogP contribution in [0.25, 0.3) is 0 Å². The van der Waals surface area contributed by atoms with E-state index in [0.717, 1.165) is 44.0 Å². The summed E-state index contributed by atoms with van der Waals surface area (Å²) < 4.78 is 5.27. The van der Waals surface area contributed by atoms with Crippen molar-refractivity contribution >= 4 is 5.91 Å². The van der Waals surface area contributed by atoms with Crippen LogP contribution in [-0.2, 0) is 4.74 Å². The number of nitrogens with zero attached hydrogens (tertiary/aromatic N) is 1. The fourth-order valence-electron chi connectivity index (χ4n) is 2.23. The fourth-order valence-corrected chi connectivity index (χ4v) is 2.23. The van der Waals surface area contributed by atoms with E-state index in [9.17, 15) is 9.90 Å². The second kappa shape index (κ2) is 6.72. The number of amides is 1. The van der Waals surface area contributed by atoms with Crippen molar-refractivity contribution in [2.45, 2.75) is 13.8 Å². The molecule has 1 aliphatic rings. The zero-order valence-electron chi connectivity index (χ0n) is 12.1. The molecule has 1 aliphatic heterocycles. The first-order valence-electron chi connectivity index (χ1n) is 6.97. The number of carbonyl (C=O) groups is 1. The van der Waals surface area contributed by atoms with E-state index in [-0.39, 0.29) is 11.7 Å². The molecule has 0 radical (unpaired) electrons. The van der Waals surface area contributed by atoms with Crippen molar-refractivity contribution < 1.29 is 14.6 Å². The van der Waals surface area contributed by atoms with Crippen molar-refractivity contribution in [3.05, 3.63) is 28.8 Å². The Morgan fingerprint density at radius 3 is 2.75 bits per heavy atom. The van der Waals surface area contributed by atoms with Gasteiger partial charge < -0.3 is 15.2 Å². The maximum atomic E-state index is 12.1. The largest absolute Gasteiger partial charge is 0.507 e. The molecule has 1 amide bonds. The lowest BCUT2D eigenvalue weighted by atomic mass is 10.0. The Kier molecular flexibility index (Phi) is 4.98. The topological polar surface area (TPSA) is 61.8 Å². The normalized spacial score (nSPS) is 16.1. The van der Waals surface area contributed by atoms with Gasteiger partial charge in [0.25, 0.3) is 5.91 Å². The van der Waals surface area contributed by atoms with Crippen molar-refractivity contribution in [1.82, 2.24) is 10.2 Å². The molecule has 110 valence electrons. The van der Waals surface area contributed by atoms with E-state index in [1.807, 2.05) is 19.9 Å². The summed E-state index contributed by atoms with van der Waals surface area (Å²) in [6, 6.07) is 3.52. The van der Waals surface area contributed by atoms with Crippen LogP contribution in [0.3, 0.4) is 0 Å². The van der Waals surface area contributed by atoms with E-state index in [4.69, 9.17) is 4.74 Å². The highest BCUT2D eigenvalue weighted by molar-refractivity contribution is 5.97. The summed E-state index contributed by atoms with van der Waals surface area (Å²) in [4.78, 5) is 14.3. The van der Waals surface area contributed by atoms with Gasteiger partial charge in [0.1, 0.15) is 5.75 Å². The van der Waals surface area contributed by atoms with E-state index in [0.29, 0.717) is 12.1 Å². The van der Waals surface area contributed by atoms with Crippen LogP contribution in [0.15, 0.2) is 12.1 Å². The average Bonchev–Trinajstić information content (AvgIpc) is 2.46. The third-order valence-corrected chi connectivity index (χ3v) is 3.76. The highest BCUT2D eigenvalue weighted by Gasteiger charge is 2.15. The summed E-state index contributed by atoms with van der Waals surface area (Å²) in [5.41, 5.74) is 2.08. The third-order valence-electron chi connectivity index (χ3n) is 3.76. The Morgan fingerprint density at radius 1 is 1.35 bits per heavy atom. The first-order chi connectivity index (χ1) is 9.59. The van der Waals surface area contributed by atoms with Crippen LogP contribution in [0, 0.1) is 13.8 Å². The van der Waals surface area contributed by atoms with Crippen LogP contribution in [0.1, 0.15) is 21.5 Å². The van der Waals surface area contributed by atoms with E-state index >= 15 is 0 Å². The molecule has 20 heavy (non-hydrogen) atoms. The monoisotopic (exact) mass is 278 g/mol. The first kappa shape index (κ1) is 14.8. The molecule has 0 aromatic heterocycles. The number of morpholine rings is 1. The number of ether oxygens (including phenoxy) is 1. The number of phenols is 1. The van der Waals surface area contributed by atoms with Crippen LogP contribution < -0.4 is 5.32 Å². The van der Waals surface area contributed by atoms with Gasteiger partial charge in [-0.25, -0.2) is 0 Å². The number of aromatic hydroxyl groups is 1. The predicted octanol–water partition coefficient (Wildman–Crippen LogP) is 1.07. The number of benzene rings is 1. The van der Waals surface area contributed by atoms with Crippen LogP contribution in [0.4, 0.5) is 0 Å². The molecule has 0 saturated carbocycles. The van der Waals surface area contributed by atoms with Gasteiger partial charge in [-0.05, 0) is 31.0 Å². The second-order valence-electron chi connectivity index (χ2n) is 5.11. The molecule has 5 heteroatoms. The van der Waals surface area contributed by atoms with Gasteiger partial charge in [0.15, 0.2) is 0 Å². The van der Waals surface area contributed by atoms with Crippen molar-refractivity contribution in [3.63, 3.8) is 0 Å². The minimum Gasteiger partial charge on any atom is -0.507 e. The molecule has 1 aromatic carbocycles. The summed E-state index contributed by atoms with van der Waals surface area (Å²) in [7, 11) is 0. The zero-order valence-corrected chi connectivity index (χ0v) is 12.1. The molecule has 0 aliphatic carbocycles. The van der Waals surface area contributed by atoms with Crippen molar-refractivity contribution in [2.24, 2.45) is 0 Å². The van der Waals surface area contributed by atoms with E-state index in [1.54, 1.807) is 6.07 Å². The quantitative estimate of drug-likeness (QED) is 0.865. The maximum absolute atomic E-state index is 12.1. The van der Waals surface area contributed by atoms with E-state index < -0.39 is 0 Å². The fraction of sp³-hybridized carbons (Fsp3) is 0.533. The Hall–Kier alpha value is -1.59. The summed E-state index contributed by atoms with van der Waals surface area (Å²) in [5, 5.41) is 12.9. The van der Waals surface area contributed by atoms with Gasteiger partial charge in [0, 0.05) is 26.2 Å². The van der Waals surface area contributed by atoms with Crippen LogP contribution >= 0.6 is 0 Å². The number of rotatable bonds is 4. The van der Waals surface area contributed by atoms with E-state index in [2.05, 4.69) is 10.2 Å². The lowest BCUT2D eigenvalue weighted by Gasteiger charge is -2.26. The van der Waals surface area contributed by atoms with Crippen LogP contribution in [0.2, 0.25) is 0 Å². The van der Waals surface area contributed by atoms with Crippen LogP contribution in [-0.4, -0.2) is 55.3 Å². The highest BCUT2D eigenvalue weighted by atomic mass is 16.5. The molecule has 2 rings (SSSR count). The van der Waals surface area contributed by atoms with Crippen molar-refractivity contribution in [2.75, 3.05) is 39.4 Å². The molecule has 1 heterocycles. The van der Waals surface area contributed by atoms with Gasteiger partial charge in [-0.15, -0.1) is 0 Å². The van der Waals surface area contributed by atoms with Crippen molar-refractivity contribution in [1.29, 1.82) is 0 Å². The van der Waals surface area contributed by atoms with E-state index in [1.165, 1.54) is 0 Å². The Labute approximate surface area is 119 Å². The average molecular weight is 278 g/mol. The number of nitrogens with one attached hydrogen (secondary N) is 1. The molecule has 1 saturated heterocycles.